The molecule has 0 aromatic carbocycles. The molecule has 2 aromatic rings. The van der Waals surface area contributed by atoms with Gasteiger partial charge in [-0.15, -0.1) is 11.3 Å². The number of carbonyl (C=O) groups excluding carboxylic acids is 1. The fraction of sp³-hybridized carbons (Fsp3) is 0.529. The van der Waals surface area contributed by atoms with Crippen molar-refractivity contribution in [2.75, 3.05) is 13.1 Å². The van der Waals surface area contributed by atoms with Crippen molar-refractivity contribution in [1.82, 2.24) is 20.0 Å². The Morgan fingerprint density at radius 2 is 2.35 bits per heavy atom. The van der Waals surface area contributed by atoms with Crippen LogP contribution in [0.2, 0.25) is 0 Å². The van der Waals surface area contributed by atoms with E-state index in [2.05, 4.69) is 35.7 Å². The van der Waals surface area contributed by atoms with E-state index in [0.717, 1.165) is 19.5 Å². The molecule has 1 aliphatic rings. The summed E-state index contributed by atoms with van der Waals surface area (Å²) in [7, 11) is 0. The van der Waals surface area contributed by atoms with E-state index >= 15 is 0 Å². The Hall–Kier alpha value is -1.66. The minimum Gasteiger partial charge on any atom is -0.338 e. The molecule has 0 aliphatic carbocycles. The highest BCUT2D eigenvalue weighted by Crippen LogP contribution is 2.24. The van der Waals surface area contributed by atoms with E-state index in [4.69, 9.17) is 0 Å². The van der Waals surface area contributed by atoms with Gasteiger partial charge in [0.05, 0.1) is 6.04 Å². The predicted octanol–water partition coefficient (Wildman–Crippen LogP) is 2.46. The van der Waals surface area contributed by atoms with Crippen LogP contribution in [0.3, 0.4) is 0 Å². The van der Waals surface area contributed by atoms with Crippen LogP contribution in [0.4, 0.5) is 0 Å². The first-order valence-corrected chi connectivity index (χ1v) is 9.08. The zero-order valence-electron chi connectivity index (χ0n) is 13.7. The van der Waals surface area contributed by atoms with Gasteiger partial charge in [-0.2, -0.15) is 5.10 Å². The normalized spacial score (nSPS) is 16.9. The molecule has 124 valence electrons. The fourth-order valence-electron chi connectivity index (χ4n) is 2.95. The quantitative estimate of drug-likeness (QED) is 0.884. The lowest BCUT2D eigenvalue weighted by molar-refractivity contribution is -0.132. The van der Waals surface area contributed by atoms with Crippen molar-refractivity contribution in [2.24, 2.45) is 0 Å². The summed E-state index contributed by atoms with van der Waals surface area (Å²) in [5, 5.41) is 9.84. The third-order valence-electron chi connectivity index (χ3n) is 4.63. The van der Waals surface area contributed by atoms with Gasteiger partial charge >= 0.3 is 0 Å². The number of nitrogens with one attached hydrogen (secondary N) is 1. The predicted molar refractivity (Wildman–Crippen MR) is 92.5 cm³/mol. The van der Waals surface area contributed by atoms with Crippen LogP contribution in [0.15, 0.2) is 29.9 Å². The van der Waals surface area contributed by atoms with Crippen molar-refractivity contribution in [3.63, 3.8) is 0 Å². The van der Waals surface area contributed by atoms with Crippen LogP contribution in [0.25, 0.3) is 0 Å². The highest BCUT2D eigenvalue weighted by Gasteiger charge is 2.21. The number of fused-ring (bicyclic) bond motifs is 1. The van der Waals surface area contributed by atoms with Gasteiger partial charge in [-0.05, 0) is 43.3 Å². The molecule has 2 atom stereocenters. The number of amides is 1. The summed E-state index contributed by atoms with van der Waals surface area (Å²) in [6, 6.07) is 4.61. The standard InChI is InChI=1S/C17H24N4OS/c1-13(14(2)21-9-3-7-19-21)18-8-4-17(22)20-10-5-16-15(12-20)6-11-23-16/h3,6-7,9,11,13-14,18H,4-5,8,10,12H2,1-2H3/t13-,14+/m1/s1. The van der Waals surface area contributed by atoms with Gasteiger partial charge in [0.2, 0.25) is 5.91 Å². The van der Waals surface area contributed by atoms with Crippen molar-refractivity contribution in [2.45, 2.75) is 45.3 Å². The molecule has 0 unspecified atom stereocenters. The van der Waals surface area contributed by atoms with Gasteiger partial charge in [0, 0.05) is 49.4 Å². The van der Waals surface area contributed by atoms with Crippen LogP contribution in [0, 0.1) is 0 Å². The monoisotopic (exact) mass is 332 g/mol. The van der Waals surface area contributed by atoms with E-state index in [1.54, 1.807) is 17.5 Å². The van der Waals surface area contributed by atoms with E-state index in [0.29, 0.717) is 13.0 Å². The number of hydrogen-bond acceptors (Lipinski definition) is 4. The lowest BCUT2D eigenvalue weighted by Crippen LogP contribution is -2.39. The maximum Gasteiger partial charge on any atom is 0.224 e. The number of nitrogens with zero attached hydrogens (tertiary/aromatic N) is 3. The van der Waals surface area contributed by atoms with Gasteiger partial charge in [-0.1, -0.05) is 0 Å². The summed E-state index contributed by atoms with van der Waals surface area (Å²) in [6.07, 6.45) is 5.32. The van der Waals surface area contributed by atoms with Gasteiger partial charge in [-0.3, -0.25) is 9.48 Å². The molecular weight excluding hydrogens is 308 g/mol. The second-order valence-electron chi connectivity index (χ2n) is 6.15. The van der Waals surface area contributed by atoms with Crippen molar-refractivity contribution >= 4 is 17.2 Å². The summed E-state index contributed by atoms with van der Waals surface area (Å²) in [5.74, 6) is 0.244. The molecule has 3 rings (SSSR count). The largest absolute Gasteiger partial charge is 0.338 e. The van der Waals surface area contributed by atoms with E-state index in [1.165, 1.54) is 10.4 Å². The first-order chi connectivity index (χ1) is 11.1. The molecule has 6 heteroatoms. The van der Waals surface area contributed by atoms with Gasteiger partial charge in [0.25, 0.3) is 0 Å². The Morgan fingerprint density at radius 3 is 3.13 bits per heavy atom. The Labute approximate surface area is 141 Å². The number of rotatable bonds is 6. The van der Waals surface area contributed by atoms with E-state index in [-0.39, 0.29) is 18.0 Å². The molecule has 0 spiro atoms. The molecule has 0 fully saturated rings. The van der Waals surface area contributed by atoms with Gasteiger partial charge in [-0.25, -0.2) is 0 Å². The summed E-state index contributed by atoms with van der Waals surface area (Å²) in [6.45, 7) is 6.60. The molecule has 5 nitrogen and oxygen atoms in total. The van der Waals surface area contributed by atoms with E-state index < -0.39 is 0 Å². The fourth-order valence-corrected chi connectivity index (χ4v) is 3.84. The van der Waals surface area contributed by atoms with Crippen molar-refractivity contribution in [3.8, 4) is 0 Å². The van der Waals surface area contributed by atoms with Crippen LogP contribution in [0.1, 0.15) is 36.8 Å². The molecule has 1 N–H and O–H groups in total. The Balaban J connectivity index is 1.43. The molecule has 2 aromatic heterocycles. The van der Waals surface area contributed by atoms with Crippen LogP contribution in [-0.2, 0) is 17.8 Å². The lowest BCUT2D eigenvalue weighted by Gasteiger charge is -2.27. The molecule has 3 heterocycles. The molecular formula is C17H24N4OS. The van der Waals surface area contributed by atoms with Crippen molar-refractivity contribution in [3.05, 3.63) is 40.3 Å². The highest BCUT2D eigenvalue weighted by atomic mass is 32.1. The SMILES string of the molecule is C[C@@H](NCCC(=O)N1CCc2sccc2C1)[C@H](C)n1cccn1. The first kappa shape index (κ1) is 16.2. The average molecular weight is 332 g/mol. The number of carbonyl (C=O) groups is 1. The second-order valence-corrected chi connectivity index (χ2v) is 7.15. The Morgan fingerprint density at radius 1 is 1.48 bits per heavy atom. The maximum atomic E-state index is 12.4. The molecule has 0 bridgehead atoms. The van der Waals surface area contributed by atoms with E-state index in [9.17, 15) is 4.79 Å². The molecule has 0 saturated carbocycles. The lowest BCUT2D eigenvalue weighted by atomic mass is 10.1. The molecule has 23 heavy (non-hydrogen) atoms. The molecule has 1 aliphatic heterocycles. The average Bonchev–Trinajstić information content (AvgIpc) is 3.24. The topological polar surface area (TPSA) is 50.2 Å². The second kappa shape index (κ2) is 7.27. The summed E-state index contributed by atoms with van der Waals surface area (Å²) in [4.78, 5) is 15.8. The van der Waals surface area contributed by atoms with Gasteiger partial charge in [0.1, 0.15) is 0 Å². The number of hydrogen-bond donors (Lipinski definition) is 1. The minimum atomic E-state index is 0.244. The smallest absolute Gasteiger partial charge is 0.224 e. The summed E-state index contributed by atoms with van der Waals surface area (Å²) in [5.41, 5.74) is 1.32. The number of aromatic nitrogens is 2. The van der Waals surface area contributed by atoms with Crippen molar-refractivity contribution < 1.29 is 4.79 Å². The zero-order chi connectivity index (χ0) is 16.2. The van der Waals surface area contributed by atoms with Gasteiger partial charge < -0.3 is 10.2 Å². The van der Waals surface area contributed by atoms with Crippen molar-refractivity contribution in [1.29, 1.82) is 0 Å². The first-order valence-electron chi connectivity index (χ1n) is 8.20. The van der Waals surface area contributed by atoms with Crippen LogP contribution < -0.4 is 5.32 Å². The molecule has 0 radical (unpaired) electrons. The van der Waals surface area contributed by atoms with Crippen LogP contribution in [0.5, 0.6) is 0 Å². The maximum absolute atomic E-state index is 12.4. The number of thiophene rings is 1. The third kappa shape index (κ3) is 3.82. The Bertz CT molecular complexity index is 637. The minimum absolute atomic E-state index is 0.244. The Kier molecular flexibility index (Phi) is 5.13. The third-order valence-corrected chi connectivity index (χ3v) is 5.65. The molecule has 1 amide bonds. The van der Waals surface area contributed by atoms with Gasteiger partial charge in [0.15, 0.2) is 0 Å². The van der Waals surface area contributed by atoms with E-state index in [1.807, 2.05) is 21.8 Å². The van der Waals surface area contributed by atoms with Crippen LogP contribution in [-0.4, -0.2) is 39.7 Å². The summed E-state index contributed by atoms with van der Waals surface area (Å²) >= 11 is 1.80. The molecule has 0 saturated heterocycles. The zero-order valence-corrected chi connectivity index (χ0v) is 14.6. The highest BCUT2D eigenvalue weighted by molar-refractivity contribution is 7.10. The summed E-state index contributed by atoms with van der Waals surface area (Å²) < 4.78 is 1.95. The van der Waals surface area contributed by atoms with Crippen LogP contribution >= 0.6 is 11.3 Å².